The standard InChI is InChI=1S/C77H142O17P2/c1-5-9-13-17-21-25-29-33-35-39-42-46-50-54-58-62-75(80)88-68-72(93-76(81)63-59-55-51-47-43-38-32-28-24-20-16-12-8-4)69-91-95(83,84)89-65-71(78)66-90-96(85,86)92-70-73(67-87-74(79)61-57-53-49-45-41-37-31-27-23-19-15-11-7-3)94-77(82)64-60-56-52-48-44-40-36-34-30-26-22-18-14-10-6-2/h22,26,28,32-36,71-73,78H,5-21,23-25,27,29-31,37-70H2,1-4H3,(H,83,84)(H,85,86)/b26-22-,32-28-,35-33-,36-34-/t71-,72-,73-/m1/s1. The normalized spacial score (nSPS) is 14.2. The topological polar surface area (TPSA) is 237 Å². The Balaban J connectivity index is 5.33. The van der Waals surface area contributed by atoms with Gasteiger partial charge in [0.05, 0.1) is 26.4 Å². The van der Waals surface area contributed by atoms with Gasteiger partial charge in [0, 0.05) is 25.7 Å². The smallest absolute Gasteiger partial charge is 0.462 e. The van der Waals surface area contributed by atoms with Crippen molar-refractivity contribution < 1.29 is 80.2 Å². The van der Waals surface area contributed by atoms with Gasteiger partial charge in [-0.15, -0.1) is 0 Å². The van der Waals surface area contributed by atoms with E-state index in [1.54, 1.807) is 0 Å². The van der Waals surface area contributed by atoms with Crippen LogP contribution in [-0.4, -0.2) is 96.7 Å². The van der Waals surface area contributed by atoms with Crippen LogP contribution < -0.4 is 0 Å². The zero-order chi connectivity index (χ0) is 70.4. The van der Waals surface area contributed by atoms with Crippen molar-refractivity contribution in [1.82, 2.24) is 0 Å². The molecular formula is C77H142O17P2. The SMILES string of the molecule is CCCCC/C=C\C/C=C\CCCCCCCC(=O)O[C@H](COC(=O)CCCCCCCCCCCCCCC)COP(=O)(O)OC[C@H](O)COP(=O)(O)OC[C@@H](COC(=O)CCCCCCC/C=C\CCCCCCCC)OC(=O)CCCCCCC/C=C\CCCCCC. The van der Waals surface area contributed by atoms with Crippen molar-refractivity contribution in [2.24, 2.45) is 0 Å². The molecule has 5 atom stereocenters. The lowest BCUT2D eigenvalue weighted by Crippen LogP contribution is -2.30. The number of aliphatic hydroxyl groups excluding tert-OH is 1. The molecule has 0 saturated carbocycles. The molecule has 96 heavy (non-hydrogen) atoms. The number of carbonyl (C=O) groups is 4. The van der Waals surface area contributed by atoms with Gasteiger partial charge >= 0.3 is 39.5 Å². The number of phosphoric ester groups is 2. The van der Waals surface area contributed by atoms with Crippen LogP contribution in [-0.2, 0) is 65.4 Å². The maximum absolute atomic E-state index is 13.1. The third kappa shape index (κ3) is 69.5. The van der Waals surface area contributed by atoms with Crippen molar-refractivity contribution in [2.45, 2.75) is 380 Å². The Morgan fingerprint density at radius 1 is 0.292 bits per heavy atom. The summed E-state index contributed by atoms with van der Waals surface area (Å²) in [4.78, 5) is 72.8. The average Bonchev–Trinajstić information content (AvgIpc) is 1.29. The zero-order valence-electron chi connectivity index (χ0n) is 61.3. The van der Waals surface area contributed by atoms with Gasteiger partial charge in [-0.25, -0.2) is 9.13 Å². The second kappa shape index (κ2) is 70.5. The maximum Gasteiger partial charge on any atom is 0.472 e. The molecule has 0 fully saturated rings. The molecule has 0 aromatic carbocycles. The predicted octanol–water partition coefficient (Wildman–Crippen LogP) is 22.1. The number of phosphoric acid groups is 2. The molecule has 0 aliphatic heterocycles. The van der Waals surface area contributed by atoms with Crippen LogP contribution in [0.15, 0.2) is 48.6 Å². The van der Waals surface area contributed by atoms with Gasteiger partial charge in [-0.3, -0.25) is 37.3 Å². The van der Waals surface area contributed by atoms with Crippen molar-refractivity contribution in [3.8, 4) is 0 Å². The first-order valence-corrected chi connectivity index (χ1v) is 41.9. The lowest BCUT2D eigenvalue weighted by atomic mass is 10.0. The summed E-state index contributed by atoms with van der Waals surface area (Å²) < 4.78 is 68.5. The summed E-state index contributed by atoms with van der Waals surface area (Å²) in [5.74, 6) is -2.17. The van der Waals surface area contributed by atoms with Crippen molar-refractivity contribution in [3.05, 3.63) is 48.6 Å². The summed E-state index contributed by atoms with van der Waals surface area (Å²) >= 11 is 0. The molecule has 0 spiro atoms. The van der Waals surface area contributed by atoms with Crippen molar-refractivity contribution in [1.29, 1.82) is 0 Å². The number of esters is 4. The van der Waals surface area contributed by atoms with Crippen molar-refractivity contribution >= 4 is 39.5 Å². The first-order valence-electron chi connectivity index (χ1n) is 38.9. The van der Waals surface area contributed by atoms with Crippen molar-refractivity contribution in [3.63, 3.8) is 0 Å². The first-order chi connectivity index (χ1) is 46.7. The minimum Gasteiger partial charge on any atom is -0.462 e. The molecule has 0 radical (unpaired) electrons. The number of carbonyl (C=O) groups excluding carboxylic acids is 4. The lowest BCUT2D eigenvalue weighted by Gasteiger charge is -2.21. The Labute approximate surface area is 585 Å². The Hall–Kier alpha value is -2.98. The van der Waals surface area contributed by atoms with E-state index in [0.29, 0.717) is 25.7 Å². The molecule has 0 aliphatic carbocycles. The number of hydrogen-bond acceptors (Lipinski definition) is 15. The fourth-order valence-electron chi connectivity index (χ4n) is 10.8. The Morgan fingerprint density at radius 3 is 0.812 bits per heavy atom. The maximum atomic E-state index is 13.1. The molecule has 0 amide bonds. The highest BCUT2D eigenvalue weighted by Gasteiger charge is 2.30. The number of hydrogen-bond donors (Lipinski definition) is 3. The fraction of sp³-hybridized carbons (Fsp3) is 0.844. The van der Waals surface area contributed by atoms with E-state index in [9.17, 15) is 43.2 Å². The number of rotatable bonds is 74. The molecule has 0 rings (SSSR count). The summed E-state index contributed by atoms with van der Waals surface area (Å²) in [6.07, 6.45) is 66.6. The highest BCUT2D eigenvalue weighted by atomic mass is 31.2. The van der Waals surface area contributed by atoms with Gasteiger partial charge in [0.1, 0.15) is 19.3 Å². The number of allylic oxidation sites excluding steroid dienone is 8. The predicted molar refractivity (Wildman–Crippen MR) is 390 cm³/mol. The summed E-state index contributed by atoms with van der Waals surface area (Å²) in [7, 11) is -9.94. The van der Waals surface area contributed by atoms with Crippen LogP contribution in [0.1, 0.15) is 362 Å². The Morgan fingerprint density at radius 2 is 0.510 bits per heavy atom. The van der Waals surface area contributed by atoms with Crippen LogP contribution in [0.5, 0.6) is 0 Å². The van der Waals surface area contributed by atoms with E-state index in [-0.39, 0.29) is 25.7 Å². The van der Waals surface area contributed by atoms with Crippen LogP contribution >= 0.6 is 15.6 Å². The van der Waals surface area contributed by atoms with E-state index >= 15 is 0 Å². The van der Waals surface area contributed by atoms with Gasteiger partial charge in [0.25, 0.3) is 0 Å². The van der Waals surface area contributed by atoms with E-state index in [0.717, 1.165) is 141 Å². The molecule has 19 heteroatoms. The highest BCUT2D eigenvalue weighted by Crippen LogP contribution is 2.45. The minimum atomic E-state index is -4.97. The number of ether oxygens (including phenoxy) is 4. The van der Waals surface area contributed by atoms with E-state index in [4.69, 9.17) is 37.0 Å². The molecule has 2 unspecified atom stereocenters. The van der Waals surface area contributed by atoms with Gasteiger partial charge in [-0.1, -0.05) is 275 Å². The average molecular weight is 1400 g/mol. The van der Waals surface area contributed by atoms with Crippen LogP contribution in [0.25, 0.3) is 0 Å². The zero-order valence-corrected chi connectivity index (χ0v) is 63.1. The summed E-state index contributed by atoms with van der Waals surface area (Å²) in [5, 5.41) is 10.6. The molecule has 562 valence electrons. The van der Waals surface area contributed by atoms with E-state index in [1.807, 2.05) is 0 Å². The second-order valence-electron chi connectivity index (χ2n) is 26.3. The van der Waals surface area contributed by atoms with E-state index in [1.165, 1.54) is 141 Å². The molecule has 0 saturated heterocycles. The molecule has 0 bridgehead atoms. The number of aliphatic hydroxyl groups is 1. The van der Waals surface area contributed by atoms with E-state index in [2.05, 4.69) is 76.3 Å². The third-order valence-corrected chi connectivity index (χ3v) is 18.7. The summed E-state index contributed by atoms with van der Waals surface area (Å²) in [6, 6.07) is 0. The summed E-state index contributed by atoms with van der Waals surface area (Å²) in [5.41, 5.74) is 0. The molecule has 0 aromatic heterocycles. The van der Waals surface area contributed by atoms with Crippen LogP contribution in [0, 0.1) is 0 Å². The van der Waals surface area contributed by atoms with Gasteiger partial charge in [-0.2, -0.15) is 0 Å². The van der Waals surface area contributed by atoms with Crippen LogP contribution in [0.2, 0.25) is 0 Å². The van der Waals surface area contributed by atoms with Gasteiger partial charge in [0.15, 0.2) is 12.2 Å². The van der Waals surface area contributed by atoms with E-state index < -0.39 is 97.5 Å². The molecular weight excluding hydrogens is 1260 g/mol. The van der Waals surface area contributed by atoms with Gasteiger partial charge in [-0.05, 0) is 109 Å². The molecule has 0 heterocycles. The highest BCUT2D eigenvalue weighted by molar-refractivity contribution is 7.47. The third-order valence-electron chi connectivity index (χ3n) is 16.8. The van der Waals surface area contributed by atoms with Gasteiger partial charge in [0.2, 0.25) is 0 Å². The fourth-order valence-corrected chi connectivity index (χ4v) is 12.3. The van der Waals surface area contributed by atoms with Crippen LogP contribution in [0.4, 0.5) is 0 Å². The Kier molecular flexibility index (Phi) is 68.3. The molecule has 0 aliphatic rings. The van der Waals surface area contributed by atoms with Crippen LogP contribution in [0.3, 0.4) is 0 Å². The number of unbranched alkanes of at least 4 members (excludes halogenated alkanes) is 40. The quantitative estimate of drug-likeness (QED) is 0.0169. The molecule has 3 N–H and O–H groups in total. The first kappa shape index (κ1) is 93.0. The lowest BCUT2D eigenvalue weighted by molar-refractivity contribution is -0.161. The monoisotopic (exact) mass is 1400 g/mol. The largest absolute Gasteiger partial charge is 0.472 e. The van der Waals surface area contributed by atoms with Crippen molar-refractivity contribution in [2.75, 3.05) is 39.6 Å². The molecule has 0 aromatic rings. The molecule has 17 nitrogen and oxygen atoms in total. The van der Waals surface area contributed by atoms with Gasteiger partial charge < -0.3 is 33.8 Å². The minimum absolute atomic E-state index is 0.0848. The Bertz CT molecular complexity index is 2010. The summed E-state index contributed by atoms with van der Waals surface area (Å²) in [6.45, 7) is 4.86. The second-order valence-corrected chi connectivity index (χ2v) is 29.2.